The Kier molecular flexibility index (Phi) is 3.42. The predicted molar refractivity (Wildman–Crippen MR) is 68.9 cm³/mol. The molecule has 0 unspecified atom stereocenters. The lowest BCUT2D eigenvalue weighted by Crippen LogP contribution is -2.43. The summed E-state index contributed by atoms with van der Waals surface area (Å²) in [5.41, 5.74) is 0.267. The van der Waals surface area contributed by atoms with E-state index in [0.29, 0.717) is 6.61 Å². The summed E-state index contributed by atoms with van der Waals surface area (Å²) in [7, 11) is 0. The fourth-order valence-corrected chi connectivity index (χ4v) is 4.33. The summed E-state index contributed by atoms with van der Waals surface area (Å²) in [6.45, 7) is 5.19. The van der Waals surface area contributed by atoms with Gasteiger partial charge >= 0.3 is 0 Å². The largest absolute Gasteiger partial charge is 0.396 e. The van der Waals surface area contributed by atoms with Gasteiger partial charge in [0.25, 0.3) is 0 Å². The van der Waals surface area contributed by atoms with Crippen LogP contribution in [0.15, 0.2) is 0 Å². The van der Waals surface area contributed by atoms with Crippen LogP contribution in [0.3, 0.4) is 0 Å². The molecular formula is C14H26N2O. The number of aliphatic hydroxyl groups excluding tert-OH is 1. The summed E-state index contributed by atoms with van der Waals surface area (Å²) in [5, 5.41) is 13.3. The van der Waals surface area contributed by atoms with Gasteiger partial charge in [-0.05, 0) is 44.7 Å². The zero-order valence-electron chi connectivity index (χ0n) is 10.8. The third-order valence-corrected chi connectivity index (χ3v) is 5.46. The molecule has 0 aromatic heterocycles. The third kappa shape index (κ3) is 2.13. The van der Waals surface area contributed by atoms with Crippen LogP contribution in [0.2, 0.25) is 0 Å². The summed E-state index contributed by atoms with van der Waals surface area (Å²) < 4.78 is 0. The first-order valence-corrected chi connectivity index (χ1v) is 7.40. The Morgan fingerprint density at radius 1 is 1.18 bits per heavy atom. The summed E-state index contributed by atoms with van der Waals surface area (Å²) in [6, 6.07) is 0.783. The average Bonchev–Trinajstić information content (AvgIpc) is 2.80. The van der Waals surface area contributed by atoms with Gasteiger partial charge in [-0.25, -0.2) is 0 Å². The summed E-state index contributed by atoms with van der Waals surface area (Å²) >= 11 is 0. The molecule has 0 aromatic carbocycles. The summed E-state index contributed by atoms with van der Waals surface area (Å²) in [6.07, 6.45) is 7.92. The van der Waals surface area contributed by atoms with E-state index in [1.807, 2.05) is 0 Å². The number of nitrogens with zero attached hydrogens (tertiary/aromatic N) is 1. The molecule has 17 heavy (non-hydrogen) atoms. The predicted octanol–water partition coefficient (Wildman–Crippen LogP) is 1.22. The van der Waals surface area contributed by atoms with Gasteiger partial charge in [-0.1, -0.05) is 12.8 Å². The van der Waals surface area contributed by atoms with Gasteiger partial charge in [0.15, 0.2) is 0 Å². The first-order valence-electron chi connectivity index (χ1n) is 7.40. The van der Waals surface area contributed by atoms with E-state index in [0.717, 1.165) is 12.0 Å². The van der Waals surface area contributed by atoms with E-state index < -0.39 is 0 Å². The quantitative estimate of drug-likeness (QED) is 0.759. The minimum atomic E-state index is 0.267. The molecule has 0 amide bonds. The fraction of sp³-hybridized carbons (Fsp3) is 1.00. The molecule has 0 radical (unpaired) electrons. The van der Waals surface area contributed by atoms with Crippen molar-refractivity contribution in [1.29, 1.82) is 0 Å². The Balaban J connectivity index is 1.69. The standard InChI is InChI=1S/C14H26N2O/c17-11-14-6-2-1-3-12(14)9-16(10-14)13-4-7-15-8-5-13/h12-13,15,17H,1-11H2/t12-,14-/m0/s1. The van der Waals surface area contributed by atoms with Gasteiger partial charge < -0.3 is 10.4 Å². The molecule has 1 aliphatic carbocycles. The number of fused-ring (bicyclic) bond motifs is 1. The second kappa shape index (κ2) is 4.87. The second-order valence-electron chi connectivity index (χ2n) is 6.37. The fourth-order valence-electron chi connectivity index (χ4n) is 4.33. The van der Waals surface area contributed by atoms with Crippen LogP contribution >= 0.6 is 0 Å². The maximum atomic E-state index is 9.83. The monoisotopic (exact) mass is 238 g/mol. The van der Waals surface area contributed by atoms with Crippen molar-refractivity contribution < 1.29 is 5.11 Å². The molecule has 0 spiro atoms. The summed E-state index contributed by atoms with van der Waals surface area (Å²) in [5.74, 6) is 0.774. The molecule has 2 heterocycles. The van der Waals surface area contributed by atoms with Crippen LogP contribution < -0.4 is 5.32 Å². The van der Waals surface area contributed by atoms with Crippen LogP contribution in [0.1, 0.15) is 38.5 Å². The van der Waals surface area contributed by atoms with E-state index in [1.54, 1.807) is 0 Å². The Labute approximate surface area is 105 Å². The number of rotatable bonds is 2. The number of hydrogen-bond acceptors (Lipinski definition) is 3. The molecule has 98 valence electrons. The Hall–Kier alpha value is -0.120. The van der Waals surface area contributed by atoms with Crippen molar-refractivity contribution >= 4 is 0 Å². The zero-order valence-corrected chi connectivity index (χ0v) is 10.8. The van der Waals surface area contributed by atoms with Gasteiger partial charge in [-0.15, -0.1) is 0 Å². The number of hydrogen-bond donors (Lipinski definition) is 2. The van der Waals surface area contributed by atoms with E-state index in [9.17, 15) is 5.11 Å². The van der Waals surface area contributed by atoms with Crippen molar-refractivity contribution in [3.05, 3.63) is 0 Å². The van der Waals surface area contributed by atoms with Crippen LogP contribution in [-0.4, -0.2) is 48.8 Å². The highest BCUT2D eigenvalue weighted by Gasteiger charge is 2.48. The van der Waals surface area contributed by atoms with Gasteiger partial charge in [0.1, 0.15) is 0 Å². The van der Waals surface area contributed by atoms with Crippen molar-refractivity contribution in [3.63, 3.8) is 0 Å². The molecule has 0 aromatic rings. The van der Waals surface area contributed by atoms with E-state index in [-0.39, 0.29) is 5.41 Å². The lowest BCUT2D eigenvalue weighted by Gasteiger charge is -2.37. The number of piperidine rings is 1. The minimum absolute atomic E-state index is 0.267. The van der Waals surface area contributed by atoms with E-state index in [2.05, 4.69) is 10.2 Å². The number of nitrogens with one attached hydrogen (secondary N) is 1. The van der Waals surface area contributed by atoms with Gasteiger partial charge in [-0.2, -0.15) is 0 Å². The van der Waals surface area contributed by atoms with Crippen molar-refractivity contribution in [2.45, 2.75) is 44.6 Å². The molecule has 3 fully saturated rings. The van der Waals surface area contributed by atoms with Crippen molar-refractivity contribution in [3.8, 4) is 0 Å². The molecule has 3 nitrogen and oxygen atoms in total. The van der Waals surface area contributed by atoms with Gasteiger partial charge in [0, 0.05) is 24.5 Å². The average molecular weight is 238 g/mol. The van der Waals surface area contributed by atoms with E-state index in [1.165, 1.54) is 64.7 Å². The number of aliphatic hydroxyl groups is 1. The van der Waals surface area contributed by atoms with Crippen molar-refractivity contribution in [2.24, 2.45) is 11.3 Å². The molecule has 1 saturated carbocycles. The molecule has 2 atom stereocenters. The summed E-state index contributed by atoms with van der Waals surface area (Å²) in [4.78, 5) is 2.70. The molecule has 2 N–H and O–H groups in total. The molecule has 3 aliphatic rings. The smallest absolute Gasteiger partial charge is 0.0502 e. The van der Waals surface area contributed by atoms with E-state index in [4.69, 9.17) is 0 Å². The normalized spacial score (nSPS) is 40.4. The molecule has 2 saturated heterocycles. The highest BCUT2D eigenvalue weighted by Crippen LogP contribution is 2.47. The SMILES string of the molecule is OC[C@@]12CCCC[C@H]1CN(C1CCNCC1)C2. The van der Waals surface area contributed by atoms with Crippen LogP contribution in [0.25, 0.3) is 0 Å². The topological polar surface area (TPSA) is 35.5 Å². The maximum absolute atomic E-state index is 9.83. The molecule has 0 bridgehead atoms. The molecular weight excluding hydrogens is 212 g/mol. The number of likely N-dealkylation sites (tertiary alicyclic amines) is 1. The van der Waals surface area contributed by atoms with Gasteiger partial charge in [0.05, 0.1) is 6.61 Å². The lowest BCUT2D eigenvalue weighted by atomic mass is 9.69. The van der Waals surface area contributed by atoms with Crippen LogP contribution in [0, 0.1) is 11.3 Å². The Morgan fingerprint density at radius 2 is 2.00 bits per heavy atom. The molecule has 2 aliphatic heterocycles. The minimum Gasteiger partial charge on any atom is -0.396 e. The Bertz CT molecular complexity index is 265. The highest BCUT2D eigenvalue weighted by molar-refractivity contribution is 5.00. The van der Waals surface area contributed by atoms with Crippen LogP contribution in [0.4, 0.5) is 0 Å². The van der Waals surface area contributed by atoms with Crippen LogP contribution in [0.5, 0.6) is 0 Å². The first-order chi connectivity index (χ1) is 8.34. The second-order valence-corrected chi connectivity index (χ2v) is 6.37. The zero-order chi connectivity index (χ0) is 11.7. The molecule has 3 rings (SSSR count). The van der Waals surface area contributed by atoms with Crippen LogP contribution in [-0.2, 0) is 0 Å². The molecule has 3 heteroatoms. The Morgan fingerprint density at radius 3 is 2.71 bits per heavy atom. The first kappa shape index (κ1) is 11.9. The maximum Gasteiger partial charge on any atom is 0.0502 e. The van der Waals surface area contributed by atoms with Crippen molar-refractivity contribution in [2.75, 3.05) is 32.8 Å². The van der Waals surface area contributed by atoms with Gasteiger partial charge in [-0.3, -0.25) is 4.90 Å². The van der Waals surface area contributed by atoms with Gasteiger partial charge in [0.2, 0.25) is 0 Å². The van der Waals surface area contributed by atoms with Crippen molar-refractivity contribution in [1.82, 2.24) is 10.2 Å². The third-order valence-electron chi connectivity index (χ3n) is 5.46. The van der Waals surface area contributed by atoms with E-state index >= 15 is 0 Å². The lowest BCUT2D eigenvalue weighted by molar-refractivity contribution is 0.0551. The highest BCUT2D eigenvalue weighted by atomic mass is 16.3.